The van der Waals surface area contributed by atoms with Gasteiger partial charge in [0, 0.05) is 10.0 Å². The first-order chi connectivity index (χ1) is 12.5. The molecule has 0 unspecified atom stereocenters. The number of aromatic hydroxyl groups is 1. The van der Waals surface area contributed by atoms with Gasteiger partial charge in [-0.3, -0.25) is 4.79 Å². The minimum absolute atomic E-state index is 0.275. The minimum Gasteiger partial charge on any atom is -0.507 e. The van der Waals surface area contributed by atoms with Crippen molar-refractivity contribution < 1.29 is 14.8 Å². The lowest BCUT2D eigenvalue weighted by Gasteiger charge is -2.16. The number of hydrazone groups is 1. The largest absolute Gasteiger partial charge is 0.507 e. The number of nitrogens with zero attached hydrogens (tertiary/aromatic N) is 1. The van der Waals surface area contributed by atoms with E-state index in [1.54, 1.807) is 24.3 Å². The van der Waals surface area contributed by atoms with Crippen LogP contribution in [0.3, 0.4) is 0 Å². The lowest BCUT2D eigenvalue weighted by molar-refractivity contribution is -0.910. The number of phenols is 1. The van der Waals surface area contributed by atoms with Crippen molar-refractivity contribution in [3.63, 3.8) is 0 Å². The van der Waals surface area contributed by atoms with Gasteiger partial charge >= 0.3 is 0 Å². The van der Waals surface area contributed by atoms with E-state index in [0.717, 1.165) is 35.2 Å². The molecule has 0 bridgehead atoms. The van der Waals surface area contributed by atoms with Crippen LogP contribution in [0.25, 0.3) is 0 Å². The average molecular weight is 419 g/mol. The van der Waals surface area contributed by atoms with Crippen LogP contribution in [0.15, 0.2) is 52.0 Å². The van der Waals surface area contributed by atoms with E-state index in [1.807, 2.05) is 25.1 Å². The van der Waals surface area contributed by atoms with Crippen molar-refractivity contribution in [2.24, 2.45) is 5.10 Å². The number of hydrogen-bond donors (Lipinski definition) is 3. The molecule has 6 heteroatoms. The number of quaternary nitrogens is 1. The van der Waals surface area contributed by atoms with E-state index >= 15 is 0 Å². The Morgan fingerprint density at radius 2 is 1.88 bits per heavy atom. The van der Waals surface area contributed by atoms with Crippen LogP contribution in [0, 0.1) is 0 Å². The molecule has 0 spiro atoms. The summed E-state index contributed by atoms with van der Waals surface area (Å²) >= 11 is 3.36. The number of halogens is 1. The van der Waals surface area contributed by atoms with Gasteiger partial charge in [-0.1, -0.05) is 12.1 Å². The second kappa shape index (κ2) is 9.50. The summed E-state index contributed by atoms with van der Waals surface area (Å²) in [7, 11) is 0. The summed E-state index contributed by atoms with van der Waals surface area (Å²) in [6.45, 7) is 8.84. The van der Waals surface area contributed by atoms with Crippen molar-refractivity contribution in [2.75, 3.05) is 13.1 Å². The Labute approximate surface area is 162 Å². The maximum Gasteiger partial charge on any atom is 0.272 e. The molecular weight excluding hydrogens is 394 g/mol. The van der Waals surface area contributed by atoms with Crippen molar-refractivity contribution in [3.8, 4) is 5.75 Å². The van der Waals surface area contributed by atoms with E-state index in [4.69, 9.17) is 0 Å². The zero-order valence-electron chi connectivity index (χ0n) is 15.3. The van der Waals surface area contributed by atoms with Gasteiger partial charge in [0.2, 0.25) is 0 Å². The van der Waals surface area contributed by atoms with Gasteiger partial charge in [-0.25, -0.2) is 5.43 Å². The van der Waals surface area contributed by atoms with E-state index in [-0.39, 0.29) is 5.91 Å². The number of hydrogen-bond acceptors (Lipinski definition) is 3. The van der Waals surface area contributed by atoms with E-state index in [2.05, 4.69) is 40.3 Å². The summed E-state index contributed by atoms with van der Waals surface area (Å²) in [4.78, 5) is 13.6. The normalized spacial score (nSPS) is 11.7. The Morgan fingerprint density at radius 1 is 1.19 bits per heavy atom. The van der Waals surface area contributed by atoms with Crippen LogP contribution in [0.4, 0.5) is 0 Å². The highest BCUT2D eigenvalue weighted by atomic mass is 79.9. The van der Waals surface area contributed by atoms with Gasteiger partial charge in [-0.2, -0.15) is 5.10 Å². The van der Waals surface area contributed by atoms with Gasteiger partial charge in [0.15, 0.2) is 0 Å². The number of carbonyl (C=O) groups excluding carboxylic acids is 1. The van der Waals surface area contributed by atoms with Crippen molar-refractivity contribution in [1.29, 1.82) is 0 Å². The molecule has 0 heterocycles. The molecule has 0 saturated carbocycles. The van der Waals surface area contributed by atoms with Crippen LogP contribution >= 0.6 is 15.9 Å². The molecule has 0 fully saturated rings. The van der Waals surface area contributed by atoms with Gasteiger partial charge in [0.25, 0.3) is 5.91 Å². The number of nitrogens with one attached hydrogen (secondary N) is 2. The molecule has 0 aliphatic rings. The number of phenolic OH excluding ortho intramolecular Hbond substituents is 1. The van der Waals surface area contributed by atoms with E-state index in [9.17, 15) is 9.90 Å². The molecule has 2 rings (SSSR count). The molecule has 1 amide bonds. The molecule has 0 aromatic heterocycles. The Morgan fingerprint density at radius 3 is 2.54 bits per heavy atom. The third-order valence-corrected chi connectivity index (χ3v) is 5.07. The zero-order chi connectivity index (χ0) is 19.1. The van der Waals surface area contributed by atoms with E-state index < -0.39 is 0 Å². The maximum absolute atomic E-state index is 12.3. The average Bonchev–Trinajstić information content (AvgIpc) is 2.65. The third kappa shape index (κ3) is 5.16. The number of amides is 1. The predicted molar refractivity (Wildman–Crippen MR) is 108 cm³/mol. The van der Waals surface area contributed by atoms with Crippen LogP contribution in [0.1, 0.15) is 42.3 Å². The van der Waals surface area contributed by atoms with Crippen molar-refractivity contribution in [2.45, 2.75) is 27.3 Å². The smallest absolute Gasteiger partial charge is 0.272 e. The standard InChI is InChI=1S/C20H24BrN3O2/c1-4-24(5-2)13-16-12-15(10-11-19(16)25)14(3)22-23-20(26)17-8-6-7-9-18(17)21/h6-12,25H,4-5,13H2,1-3H3,(H,23,26)/p+1/b22-14+. The molecule has 138 valence electrons. The summed E-state index contributed by atoms with van der Waals surface area (Å²) in [5.74, 6) is 0.0154. The van der Waals surface area contributed by atoms with Crippen molar-refractivity contribution >= 4 is 27.5 Å². The Kier molecular flexibility index (Phi) is 7.36. The third-order valence-electron chi connectivity index (χ3n) is 4.38. The number of benzene rings is 2. The summed E-state index contributed by atoms with van der Waals surface area (Å²) in [6.07, 6.45) is 0. The van der Waals surface area contributed by atoms with Crippen LogP contribution in [-0.4, -0.2) is 29.8 Å². The van der Waals surface area contributed by atoms with Crippen molar-refractivity contribution in [1.82, 2.24) is 5.43 Å². The molecule has 0 saturated heterocycles. The summed E-state index contributed by atoms with van der Waals surface area (Å²) in [5.41, 5.74) is 5.55. The SMILES string of the molecule is CC[NH+](CC)Cc1cc(/C(C)=N/NC(=O)c2ccccc2Br)ccc1O. The Hall–Kier alpha value is -2.18. The summed E-state index contributed by atoms with van der Waals surface area (Å²) in [5, 5.41) is 14.3. The fraction of sp³-hybridized carbons (Fsp3) is 0.300. The lowest BCUT2D eigenvalue weighted by Crippen LogP contribution is -3.10. The highest BCUT2D eigenvalue weighted by molar-refractivity contribution is 9.10. The first-order valence-corrected chi connectivity index (χ1v) is 9.50. The van der Waals surface area contributed by atoms with Gasteiger partial charge in [0.1, 0.15) is 12.3 Å². The first-order valence-electron chi connectivity index (χ1n) is 8.71. The molecular formula is C20H25BrN3O2+. The molecule has 2 aromatic carbocycles. The predicted octanol–water partition coefficient (Wildman–Crippen LogP) is 2.73. The maximum atomic E-state index is 12.3. The number of carbonyl (C=O) groups is 1. The van der Waals surface area contributed by atoms with Gasteiger partial charge in [-0.05, 0) is 72.6 Å². The van der Waals surface area contributed by atoms with Gasteiger partial charge < -0.3 is 10.0 Å². The zero-order valence-corrected chi connectivity index (χ0v) is 16.9. The Balaban J connectivity index is 2.16. The minimum atomic E-state index is -0.275. The quantitative estimate of drug-likeness (QED) is 0.477. The highest BCUT2D eigenvalue weighted by Gasteiger charge is 2.12. The Bertz CT molecular complexity index is 801. The molecule has 26 heavy (non-hydrogen) atoms. The topological polar surface area (TPSA) is 66.1 Å². The summed E-state index contributed by atoms with van der Waals surface area (Å²) in [6, 6.07) is 12.6. The molecule has 0 aliphatic carbocycles. The van der Waals surface area contributed by atoms with Gasteiger partial charge in [-0.15, -0.1) is 0 Å². The second-order valence-electron chi connectivity index (χ2n) is 6.10. The van der Waals surface area contributed by atoms with E-state index in [1.165, 1.54) is 4.90 Å². The van der Waals surface area contributed by atoms with Crippen molar-refractivity contribution in [3.05, 3.63) is 63.6 Å². The second-order valence-corrected chi connectivity index (χ2v) is 6.95. The van der Waals surface area contributed by atoms with Gasteiger partial charge in [0.05, 0.1) is 24.4 Å². The number of rotatable bonds is 7. The first kappa shape index (κ1) is 20.1. The van der Waals surface area contributed by atoms with Crippen LogP contribution in [0.5, 0.6) is 5.75 Å². The highest BCUT2D eigenvalue weighted by Crippen LogP contribution is 2.18. The lowest BCUT2D eigenvalue weighted by atomic mass is 10.1. The molecule has 5 nitrogen and oxygen atoms in total. The monoisotopic (exact) mass is 418 g/mol. The summed E-state index contributed by atoms with van der Waals surface area (Å²) < 4.78 is 0.722. The van der Waals surface area contributed by atoms with Crippen LogP contribution in [0.2, 0.25) is 0 Å². The fourth-order valence-electron chi connectivity index (χ4n) is 2.63. The van der Waals surface area contributed by atoms with Crippen LogP contribution < -0.4 is 10.3 Å². The van der Waals surface area contributed by atoms with Crippen LogP contribution in [-0.2, 0) is 6.54 Å². The van der Waals surface area contributed by atoms with E-state index in [0.29, 0.717) is 17.0 Å². The molecule has 0 radical (unpaired) electrons. The molecule has 0 aliphatic heterocycles. The molecule has 2 aromatic rings. The molecule has 0 atom stereocenters. The fourth-order valence-corrected chi connectivity index (χ4v) is 3.09. The molecule has 3 N–H and O–H groups in total.